The number of benzene rings is 2. The molecule has 0 saturated heterocycles. The zero-order valence-corrected chi connectivity index (χ0v) is 13.6. The van der Waals surface area contributed by atoms with Crippen LogP contribution in [0.5, 0.6) is 0 Å². The maximum absolute atomic E-state index is 2.22. The van der Waals surface area contributed by atoms with Crippen LogP contribution in [0.3, 0.4) is 0 Å². The molecule has 108 valence electrons. The first kappa shape index (κ1) is 16.5. The third-order valence-corrected chi connectivity index (χ3v) is 3.52. The van der Waals surface area contributed by atoms with Gasteiger partial charge in [0.15, 0.2) is 0 Å². The highest BCUT2D eigenvalue weighted by atomic mass is 14.2. The Kier molecular flexibility index (Phi) is 7.08. The summed E-state index contributed by atoms with van der Waals surface area (Å²) in [5.74, 6) is 0.884. The van der Waals surface area contributed by atoms with Crippen molar-refractivity contribution in [2.45, 2.75) is 47.5 Å². The Morgan fingerprint density at radius 3 is 1.50 bits per heavy atom. The van der Waals surface area contributed by atoms with Gasteiger partial charge in [-0.25, -0.2) is 0 Å². The quantitative estimate of drug-likeness (QED) is 0.483. The molecule has 0 radical (unpaired) electrons. The van der Waals surface area contributed by atoms with Gasteiger partial charge >= 0.3 is 0 Å². The Bertz CT molecular complexity index is 465. The van der Waals surface area contributed by atoms with Gasteiger partial charge in [0.2, 0.25) is 0 Å². The highest BCUT2D eigenvalue weighted by Crippen LogP contribution is 2.35. The lowest BCUT2D eigenvalue weighted by Crippen LogP contribution is -1.77. The Morgan fingerprint density at radius 1 is 0.800 bits per heavy atom. The van der Waals surface area contributed by atoms with Crippen molar-refractivity contribution in [3.63, 3.8) is 0 Å². The number of fused-ring (bicyclic) bond motifs is 3. The Morgan fingerprint density at radius 2 is 1.15 bits per heavy atom. The Hall–Kier alpha value is -1.56. The third-order valence-electron chi connectivity index (χ3n) is 3.52. The van der Waals surface area contributed by atoms with Gasteiger partial charge < -0.3 is 0 Å². The second-order valence-electron chi connectivity index (χ2n) is 5.29. The minimum Gasteiger partial charge on any atom is -0.0683 e. The van der Waals surface area contributed by atoms with Crippen LogP contribution < -0.4 is 0 Å². The molecule has 0 nitrogen and oxygen atoms in total. The van der Waals surface area contributed by atoms with Crippen LogP contribution in [0.2, 0.25) is 0 Å². The third kappa shape index (κ3) is 4.23. The Balaban J connectivity index is 0.000000247. The lowest BCUT2D eigenvalue weighted by atomic mass is 10.1. The molecule has 0 atom stereocenters. The number of rotatable bonds is 1. The fraction of sp³-hybridized carbons (Fsp3) is 0.400. The first-order valence-corrected chi connectivity index (χ1v) is 7.88. The molecule has 1 aliphatic carbocycles. The normalized spacial score (nSPS) is 10.7. The van der Waals surface area contributed by atoms with Crippen LogP contribution in [-0.2, 0) is 6.42 Å². The molecule has 2 aromatic rings. The van der Waals surface area contributed by atoms with Crippen LogP contribution in [0.4, 0.5) is 0 Å². The van der Waals surface area contributed by atoms with E-state index in [1.54, 1.807) is 0 Å². The first-order valence-electron chi connectivity index (χ1n) is 7.88. The van der Waals surface area contributed by atoms with Gasteiger partial charge in [0.1, 0.15) is 0 Å². The van der Waals surface area contributed by atoms with Gasteiger partial charge in [0.25, 0.3) is 0 Å². The first-order chi connectivity index (χ1) is 9.72. The maximum atomic E-state index is 2.22. The van der Waals surface area contributed by atoms with E-state index in [1.807, 2.05) is 13.8 Å². The van der Waals surface area contributed by atoms with Gasteiger partial charge in [0, 0.05) is 0 Å². The summed E-state index contributed by atoms with van der Waals surface area (Å²) in [4.78, 5) is 0. The van der Waals surface area contributed by atoms with Crippen LogP contribution >= 0.6 is 0 Å². The molecule has 0 N–H and O–H groups in total. The summed E-state index contributed by atoms with van der Waals surface area (Å²) in [6.45, 7) is 10.6. The molecule has 0 bridgehead atoms. The maximum Gasteiger partial charge on any atom is -0.00135 e. The van der Waals surface area contributed by atoms with Crippen LogP contribution in [0.25, 0.3) is 11.1 Å². The molecule has 0 aliphatic heterocycles. The predicted molar refractivity (Wildman–Crippen MR) is 91.2 cm³/mol. The summed E-state index contributed by atoms with van der Waals surface area (Å²) in [5, 5.41) is 0. The van der Waals surface area contributed by atoms with Crippen LogP contribution in [0.15, 0.2) is 48.5 Å². The molecule has 0 fully saturated rings. The molecule has 0 aromatic heterocycles. The van der Waals surface area contributed by atoms with Crippen molar-refractivity contribution < 1.29 is 0 Å². The van der Waals surface area contributed by atoms with E-state index in [0.717, 1.165) is 12.3 Å². The highest BCUT2D eigenvalue weighted by Gasteiger charge is 2.15. The molecule has 20 heavy (non-hydrogen) atoms. The Labute approximate surface area is 124 Å². The van der Waals surface area contributed by atoms with Crippen LogP contribution in [0.1, 0.15) is 52.2 Å². The van der Waals surface area contributed by atoms with Gasteiger partial charge in [-0.2, -0.15) is 0 Å². The smallest absolute Gasteiger partial charge is 0.00135 e. The van der Waals surface area contributed by atoms with Crippen molar-refractivity contribution in [3.8, 4) is 11.1 Å². The lowest BCUT2D eigenvalue weighted by molar-refractivity contribution is 0.626. The monoisotopic (exact) mass is 268 g/mol. The zero-order chi connectivity index (χ0) is 15.0. The molecule has 0 heteroatoms. The molecule has 0 unspecified atom stereocenters. The fourth-order valence-electron chi connectivity index (χ4n) is 2.08. The van der Waals surface area contributed by atoms with Gasteiger partial charge in [-0.15, -0.1) is 0 Å². The second kappa shape index (κ2) is 8.58. The number of hydrogen-bond acceptors (Lipinski definition) is 0. The minimum atomic E-state index is 0.884. The van der Waals surface area contributed by atoms with Crippen LogP contribution in [-0.4, -0.2) is 0 Å². The van der Waals surface area contributed by atoms with Crippen molar-refractivity contribution in [2.24, 2.45) is 5.92 Å². The van der Waals surface area contributed by atoms with Crippen molar-refractivity contribution in [1.82, 2.24) is 0 Å². The largest absolute Gasteiger partial charge is 0.0683 e. The summed E-state index contributed by atoms with van der Waals surface area (Å²) in [5.41, 5.74) is 5.75. The SMILES string of the molecule is CC.CCC(C)C.c1ccc2c(c1)Cc1ccccc1-2. The molecule has 0 spiro atoms. The summed E-state index contributed by atoms with van der Waals surface area (Å²) < 4.78 is 0. The topological polar surface area (TPSA) is 0 Å². The average Bonchev–Trinajstić information content (AvgIpc) is 2.88. The second-order valence-corrected chi connectivity index (χ2v) is 5.29. The molecular weight excluding hydrogens is 240 g/mol. The summed E-state index contributed by atoms with van der Waals surface area (Å²) >= 11 is 0. The summed E-state index contributed by atoms with van der Waals surface area (Å²) in [7, 11) is 0. The van der Waals surface area contributed by atoms with E-state index >= 15 is 0 Å². The van der Waals surface area contributed by atoms with E-state index in [9.17, 15) is 0 Å². The lowest BCUT2D eigenvalue weighted by Gasteiger charge is -1.98. The molecule has 1 aliphatic rings. The van der Waals surface area contributed by atoms with Crippen molar-refractivity contribution >= 4 is 0 Å². The van der Waals surface area contributed by atoms with E-state index in [0.29, 0.717) is 0 Å². The summed E-state index contributed by atoms with van der Waals surface area (Å²) in [6, 6.07) is 17.3. The van der Waals surface area contributed by atoms with E-state index in [2.05, 4.69) is 69.3 Å². The molecule has 0 saturated carbocycles. The zero-order valence-electron chi connectivity index (χ0n) is 13.6. The molecule has 0 amide bonds. The molecular formula is C20H28. The molecule has 0 heterocycles. The predicted octanol–water partition coefficient (Wildman–Crippen LogP) is 6.34. The van der Waals surface area contributed by atoms with Gasteiger partial charge in [0.05, 0.1) is 0 Å². The van der Waals surface area contributed by atoms with Gasteiger partial charge in [-0.05, 0) is 34.6 Å². The van der Waals surface area contributed by atoms with E-state index in [1.165, 1.54) is 28.7 Å². The minimum absolute atomic E-state index is 0.884. The van der Waals surface area contributed by atoms with E-state index in [4.69, 9.17) is 0 Å². The van der Waals surface area contributed by atoms with Crippen molar-refractivity contribution in [2.75, 3.05) is 0 Å². The van der Waals surface area contributed by atoms with Gasteiger partial charge in [-0.3, -0.25) is 0 Å². The molecule has 3 rings (SSSR count). The fourth-order valence-corrected chi connectivity index (χ4v) is 2.08. The van der Waals surface area contributed by atoms with Gasteiger partial charge in [-0.1, -0.05) is 89.6 Å². The molecule has 2 aromatic carbocycles. The van der Waals surface area contributed by atoms with Crippen molar-refractivity contribution in [1.29, 1.82) is 0 Å². The number of hydrogen-bond donors (Lipinski definition) is 0. The average molecular weight is 268 g/mol. The standard InChI is InChI=1S/C13H10.C5H12.C2H6/c1-3-7-12-10(5-1)9-11-6-2-4-8-13(11)12;1-4-5(2)3;1-2/h1-8H,9H2;5H,4H2,1-3H3;1-2H3. The van der Waals surface area contributed by atoms with E-state index in [-0.39, 0.29) is 0 Å². The van der Waals surface area contributed by atoms with Crippen LogP contribution in [0, 0.1) is 5.92 Å². The van der Waals surface area contributed by atoms with Crippen molar-refractivity contribution in [3.05, 3.63) is 59.7 Å². The highest BCUT2D eigenvalue weighted by molar-refractivity contribution is 5.76. The van der Waals surface area contributed by atoms with E-state index < -0.39 is 0 Å². The summed E-state index contributed by atoms with van der Waals surface area (Å²) in [6.07, 6.45) is 2.41.